The average molecular weight is 493 g/mol. The molecule has 3 aromatic rings. The lowest BCUT2D eigenvalue weighted by Crippen LogP contribution is -2.35. The van der Waals surface area contributed by atoms with E-state index in [4.69, 9.17) is 4.74 Å². The monoisotopic (exact) mass is 492 g/mol. The number of hydrogen-bond donors (Lipinski definition) is 0. The van der Waals surface area contributed by atoms with E-state index in [0.717, 1.165) is 49.9 Å². The molecule has 0 unspecified atom stereocenters. The van der Waals surface area contributed by atoms with Gasteiger partial charge in [-0.05, 0) is 61.7 Å². The number of likely N-dealkylation sites (tertiary alicyclic amines) is 1. The molecule has 0 saturated carbocycles. The molecule has 35 heavy (non-hydrogen) atoms. The molecule has 4 rings (SSSR count). The third-order valence-corrected chi connectivity index (χ3v) is 8.01. The van der Waals surface area contributed by atoms with Crippen molar-refractivity contribution in [2.24, 2.45) is 0 Å². The molecule has 0 aromatic heterocycles. The summed E-state index contributed by atoms with van der Waals surface area (Å²) in [6.07, 6.45) is 4.40. The molecule has 1 heterocycles. The van der Waals surface area contributed by atoms with Crippen molar-refractivity contribution in [2.45, 2.75) is 44.0 Å². The van der Waals surface area contributed by atoms with Crippen molar-refractivity contribution >= 4 is 21.6 Å². The van der Waals surface area contributed by atoms with Crippen LogP contribution >= 0.6 is 0 Å². The number of carbonyl (C=O) groups excluding carboxylic acids is 1. The van der Waals surface area contributed by atoms with Crippen molar-refractivity contribution in [1.82, 2.24) is 4.90 Å². The number of benzene rings is 3. The Bertz CT molecular complexity index is 1200. The van der Waals surface area contributed by atoms with Gasteiger partial charge < -0.3 is 9.64 Å². The molecule has 0 bridgehead atoms. The lowest BCUT2D eigenvalue weighted by Gasteiger charge is -2.25. The van der Waals surface area contributed by atoms with Gasteiger partial charge in [-0.25, -0.2) is 8.42 Å². The summed E-state index contributed by atoms with van der Waals surface area (Å²) in [7, 11) is -3.79. The Labute approximate surface area is 208 Å². The van der Waals surface area contributed by atoms with E-state index in [1.54, 1.807) is 48.5 Å². The number of carbonyl (C=O) groups is 1. The molecule has 1 aliphatic heterocycles. The standard InChI is InChI=1S/C28H32N2O4S/c1-23-11-17-27(18-12-23)35(32,33)30(21-24-9-5-4-6-10-24)25-13-15-26(16-14-25)34-22-28(31)29-19-7-2-3-8-20-29/h4-6,9-18H,2-3,7-8,19-22H2,1H3. The van der Waals surface area contributed by atoms with Gasteiger partial charge in [0.05, 0.1) is 17.1 Å². The summed E-state index contributed by atoms with van der Waals surface area (Å²) in [6, 6.07) is 23.2. The second-order valence-electron chi connectivity index (χ2n) is 8.89. The molecule has 1 aliphatic rings. The van der Waals surface area contributed by atoms with Gasteiger partial charge in [0.15, 0.2) is 6.61 Å². The van der Waals surface area contributed by atoms with E-state index >= 15 is 0 Å². The van der Waals surface area contributed by atoms with Gasteiger partial charge in [0.2, 0.25) is 0 Å². The Hall–Kier alpha value is -3.32. The zero-order chi connectivity index (χ0) is 24.7. The van der Waals surface area contributed by atoms with E-state index in [2.05, 4.69) is 0 Å². The molecule has 1 saturated heterocycles. The van der Waals surface area contributed by atoms with E-state index in [1.165, 1.54) is 4.31 Å². The van der Waals surface area contributed by atoms with E-state index < -0.39 is 10.0 Å². The highest BCUT2D eigenvalue weighted by Gasteiger charge is 2.25. The quantitative estimate of drug-likeness (QED) is 0.435. The van der Waals surface area contributed by atoms with Gasteiger partial charge in [0, 0.05) is 13.1 Å². The summed E-state index contributed by atoms with van der Waals surface area (Å²) < 4.78 is 34.3. The number of aryl methyl sites for hydroxylation is 1. The fraction of sp³-hybridized carbons (Fsp3) is 0.321. The van der Waals surface area contributed by atoms with Crippen LogP contribution in [0.25, 0.3) is 0 Å². The van der Waals surface area contributed by atoms with E-state index in [0.29, 0.717) is 11.4 Å². The maximum absolute atomic E-state index is 13.6. The first-order chi connectivity index (χ1) is 16.9. The fourth-order valence-electron chi connectivity index (χ4n) is 4.17. The highest BCUT2D eigenvalue weighted by Crippen LogP contribution is 2.28. The molecule has 0 N–H and O–H groups in total. The molecular weight excluding hydrogens is 460 g/mol. The first kappa shape index (κ1) is 24.8. The van der Waals surface area contributed by atoms with Gasteiger partial charge in [-0.1, -0.05) is 60.9 Å². The SMILES string of the molecule is Cc1ccc(S(=O)(=O)N(Cc2ccccc2)c2ccc(OCC(=O)N3CCCCCC3)cc2)cc1. The lowest BCUT2D eigenvalue weighted by molar-refractivity contribution is -0.133. The molecule has 0 radical (unpaired) electrons. The molecule has 7 heteroatoms. The van der Waals surface area contributed by atoms with Crippen molar-refractivity contribution < 1.29 is 17.9 Å². The summed E-state index contributed by atoms with van der Waals surface area (Å²) in [4.78, 5) is 14.6. The largest absolute Gasteiger partial charge is 0.484 e. The molecule has 1 fully saturated rings. The van der Waals surface area contributed by atoms with Gasteiger partial charge in [-0.2, -0.15) is 0 Å². The number of nitrogens with zero attached hydrogens (tertiary/aromatic N) is 2. The zero-order valence-electron chi connectivity index (χ0n) is 20.1. The lowest BCUT2D eigenvalue weighted by atomic mass is 10.2. The van der Waals surface area contributed by atoms with Crippen LogP contribution in [0, 0.1) is 6.92 Å². The van der Waals surface area contributed by atoms with Crippen molar-refractivity contribution in [1.29, 1.82) is 0 Å². The first-order valence-electron chi connectivity index (χ1n) is 12.1. The number of hydrogen-bond acceptors (Lipinski definition) is 4. The summed E-state index contributed by atoms with van der Waals surface area (Å²) in [6.45, 7) is 3.67. The fourth-order valence-corrected chi connectivity index (χ4v) is 5.62. The number of sulfonamides is 1. The molecule has 3 aromatic carbocycles. The van der Waals surface area contributed by atoms with Crippen LogP contribution in [0.5, 0.6) is 5.75 Å². The Morgan fingerprint density at radius 1 is 0.857 bits per heavy atom. The molecule has 6 nitrogen and oxygen atoms in total. The van der Waals surface area contributed by atoms with Crippen LogP contribution < -0.4 is 9.04 Å². The average Bonchev–Trinajstić information content (AvgIpc) is 3.17. The summed E-state index contributed by atoms with van der Waals surface area (Å²) in [5.74, 6) is 0.521. The summed E-state index contributed by atoms with van der Waals surface area (Å²) in [5.41, 5.74) is 2.40. The van der Waals surface area contributed by atoms with Gasteiger partial charge in [-0.15, -0.1) is 0 Å². The third-order valence-electron chi connectivity index (χ3n) is 6.22. The number of amides is 1. The smallest absolute Gasteiger partial charge is 0.264 e. The molecule has 184 valence electrons. The van der Waals surface area contributed by atoms with Crippen LogP contribution in [0.3, 0.4) is 0 Å². The Kier molecular flexibility index (Phi) is 8.08. The Morgan fingerprint density at radius 3 is 2.11 bits per heavy atom. The molecule has 1 amide bonds. The third kappa shape index (κ3) is 6.42. The minimum atomic E-state index is -3.79. The van der Waals surface area contributed by atoms with Crippen LogP contribution in [0.15, 0.2) is 83.8 Å². The second-order valence-corrected chi connectivity index (χ2v) is 10.8. The molecular formula is C28H32N2O4S. The summed E-state index contributed by atoms with van der Waals surface area (Å²) >= 11 is 0. The van der Waals surface area contributed by atoms with Gasteiger partial charge in [-0.3, -0.25) is 9.10 Å². The highest BCUT2D eigenvalue weighted by molar-refractivity contribution is 7.92. The van der Waals surface area contributed by atoms with E-state index in [1.807, 2.05) is 42.2 Å². The zero-order valence-corrected chi connectivity index (χ0v) is 20.9. The molecule has 0 spiro atoms. The van der Waals surface area contributed by atoms with Crippen molar-refractivity contribution in [2.75, 3.05) is 24.0 Å². The van der Waals surface area contributed by atoms with Gasteiger partial charge in [0.1, 0.15) is 5.75 Å². The second kappa shape index (κ2) is 11.4. The van der Waals surface area contributed by atoms with Crippen LogP contribution in [-0.2, 0) is 21.4 Å². The van der Waals surface area contributed by atoms with Crippen LogP contribution in [0.4, 0.5) is 5.69 Å². The first-order valence-corrected chi connectivity index (χ1v) is 13.5. The Balaban J connectivity index is 1.52. The predicted octanol–water partition coefficient (Wildman–Crippen LogP) is 5.17. The number of rotatable bonds is 8. The maximum atomic E-state index is 13.6. The molecule has 0 atom stereocenters. The van der Waals surface area contributed by atoms with Crippen molar-refractivity contribution in [3.05, 3.63) is 90.0 Å². The molecule has 0 aliphatic carbocycles. The number of anilines is 1. The number of ether oxygens (including phenoxy) is 1. The van der Waals surface area contributed by atoms with E-state index in [-0.39, 0.29) is 24.0 Å². The van der Waals surface area contributed by atoms with Crippen molar-refractivity contribution in [3.8, 4) is 5.75 Å². The van der Waals surface area contributed by atoms with E-state index in [9.17, 15) is 13.2 Å². The van der Waals surface area contributed by atoms with Gasteiger partial charge >= 0.3 is 0 Å². The van der Waals surface area contributed by atoms with Crippen LogP contribution in [-0.4, -0.2) is 38.9 Å². The minimum Gasteiger partial charge on any atom is -0.484 e. The van der Waals surface area contributed by atoms with Crippen molar-refractivity contribution in [3.63, 3.8) is 0 Å². The maximum Gasteiger partial charge on any atom is 0.264 e. The highest BCUT2D eigenvalue weighted by atomic mass is 32.2. The predicted molar refractivity (Wildman–Crippen MR) is 138 cm³/mol. The van der Waals surface area contributed by atoms with Crippen LogP contribution in [0.2, 0.25) is 0 Å². The topological polar surface area (TPSA) is 66.9 Å². The minimum absolute atomic E-state index is 0.0105. The normalized spacial score (nSPS) is 14.3. The van der Waals surface area contributed by atoms with Gasteiger partial charge in [0.25, 0.3) is 15.9 Å². The Morgan fingerprint density at radius 2 is 1.49 bits per heavy atom. The summed E-state index contributed by atoms with van der Waals surface area (Å²) in [5, 5.41) is 0. The van der Waals surface area contributed by atoms with Crippen LogP contribution in [0.1, 0.15) is 36.8 Å².